The fraction of sp³-hybridized carbons (Fsp3) is 0.231. The smallest absolute Gasteiger partial charge is 0.0325 e. The second kappa shape index (κ2) is 5.41. The zero-order valence-electron chi connectivity index (χ0n) is 9.27. The first kappa shape index (κ1) is 11.6. The van der Waals surface area contributed by atoms with Crippen LogP contribution in [0.4, 0.5) is 5.69 Å². The highest BCUT2D eigenvalue weighted by Gasteiger charge is 2.00. The van der Waals surface area contributed by atoms with Crippen LogP contribution in [0.1, 0.15) is 11.1 Å². The van der Waals surface area contributed by atoms with E-state index in [1.165, 1.54) is 16.0 Å². The number of benzene rings is 1. The van der Waals surface area contributed by atoms with Gasteiger partial charge in [0.05, 0.1) is 0 Å². The van der Waals surface area contributed by atoms with E-state index in [0.29, 0.717) is 0 Å². The van der Waals surface area contributed by atoms with Crippen molar-refractivity contribution in [2.24, 2.45) is 0 Å². The topological polar surface area (TPSA) is 26.0 Å². The summed E-state index contributed by atoms with van der Waals surface area (Å²) in [6.45, 7) is 2.13. The third-order valence-corrected chi connectivity index (χ3v) is 4.33. The quantitative estimate of drug-likeness (QED) is 0.655. The van der Waals surface area contributed by atoms with Crippen LogP contribution in [-0.4, -0.2) is 5.75 Å². The number of thioether (sulfide) groups is 1. The van der Waals surface area contributed by atoms with Crippen molar-refractivity contribution in [2.75, 3.05) is 11.5 Å². The molecule has 0 saturated carbocycles. The highest BCUT2D eigenvalue weighted by Crippen LogP contribution is 2.25. The summed E-state index contributed by atoms with van der Waals surface area (Å²) >= 11 is 3.65. The number of hydrogen-bond donors (Lipinski definition) is 1. The summed E-state index contributed by atoms with van der Waals surface area (Å²) in [5, 5.41) is 4.35. The molecule has 0 radical (unpaired) electrons. The first-order valence-electron chi connectivity index (χ1n) is 5.26. The van der Waals surface area contributed by atoms with E-state index in [1.54, 1.807) is 11.3 Å². The highest BCUT2D eigenvalue weighted by molar-refractivity contribution is 7.99. The number of anilines is 1. The van der Waals surface area contributed by atoms with E-state index >= 15 is 0 Å². The fourth-order valence-corrected chi connectivity index (χ4v) is 3.26. The van der Waals surface area contributed by atoms with Gasteiger partial charge in [-0.15, -0.1) is 11.8 Å². The average Bonchev–Trinajstić information content (AvgIpc) is 2.76. The zero-order valence-corrected chi connectivity index (χ0v) is 10.9. The first-order valence-corrected chi connectivity index (χ1v) is 7.18. The minimum atomic E-state index is 0.851. The Morgan fingerprint density at radius 2 is 2.19 bits per heavy atom. The molecule has 1 aromatic carbocycles. The Morgan fingerprint density at radius 3 is 2.94 bits per heavy atom. The Bertz CT molecular complexity index is 449. The van der Waals surface area contributed by atoms with Crippen LogP contribution in [0.25, 0.3) is 0 Å². The molecule has 2 aromatic rings. The molecule has 0 spiro atoms. The summed E-state index contributed by atoms with van der Waals surface area (Å²) in [5.41, 5.74) is 9.37. The number of nitrogen functional groups attached to an aromatic ring is 1. The van der Waals surface area contributed by atoms with Crippen molar-refractivity contribution in [1.82, 2.24) is 0 Å². The summed E-state index contributed by atoms with van der Waals surface area (Å²) in [7, 11) is 0. The second-order valence-electron chi connectivity index (χ2n) is 3.75. The van der Waals surface area contributed by atoms with E-state index in [0.717, 1.165) is 17.9 Å². The lowest BCUT2D eigenvalue weighted by molar-refractivity contribution is 1.17. The molecular formula is C13H15NS2. The van der Waals surface area contributed by atoms with Gasteiger partial charge in [-0.25, -0.2) is 0 Å². The van der Waals surface area contributed by atoms with Gasteiger partial charge in [0.25, 0.3) is 0 Å². The summed E-state index contributed by atoms with van der Waals surface area (Å²) in [4.78, 5) is 1.30. The molecule has 1 aromatic heterocycles. The number of hydrogen-bond acceptors (Lipinski definition) is 3. The van der Waals surface area contributed by atoms with E-state index in [4.69, 9.17) is 5.73 Å². The molecule has 0 saturated heterocycles. The Morgan fingerprint density at radius 1 is 1.31 bits per heavy atom. The van der Waals surface area contributed by atoms with Gasteiger partial charge in [0, 0.05) is 16.3 Å². The van der Waals surface area contributed by atoms with Gasteiger partial charge in [-0.1, -0.05) is 6.07 Å². The van der Waals surface area contributed by atoms with Crippen LogP contribution in [0.5, 0.6) is 0 Å². The van der Waals surface area contributed by atoms with E-state index in [-0.39, 0.29) is 0 Å². The van der Waals surface area contributed by atoms with Crippen molar-refractivity contribution >= 4 is 28.8 Å². The number of nitrogens with two attached hydrogens (primary N) is 1. The Labute approximate surface area is 105 Å². The van der Waals surface area contributed by atoms with Crippen molar-refractivity contribution in [2.45, 2.75) is 18.2 Å². The first-order chi connectivity index (χ1) is 7.75. The Hall–Kier alpha value is -0.930. The molecule has 1 heterocycles. The van der Waals surface area contributed by atoms with Gasteiger partial charge in [-0.3, -0.25) is 0 Å². The fourth-order valence-electron chi connectivity index (χ4n) is 1.49. The van der Waals surface area contributed by atoms with Gasteiger partial charge in [0.2, 0.25) is 0 Å². The zero-order chi connectivity index (χ0) is 11.4. The van der Waals surface area contributed by atoms with Gasteiger partial charge in [-0.05, 0) is 53.4 Å². The lowest BCUT2D eigenvalue weighted by Gasteiger charge is -2.06. The van der Waals surface area contributed by atoms with Gasteiger partial charge in [0.15, 0.2) is 0 Å². The molecule has 2 rings (SSSR count). The summed E-state index contributed by atoms with van der Waals surface area (Å²) in [6.07, 6.45) is 1.13. The molecule has 84 valence electrons. The molecule has 0 fully saturated rings. The summed E-state index contributed by atoms with van der Waals surface area (Å²) in [6, 6.07) is 8.30. The van der Waals surface area contributed by atoms with Crippen LogP contribution in [0.15, 0.2) is 39.9 Å². The monoisotopic (exact) mass is 249 g/mol. The standard InChI is InChI=1S/C13H15NS2/c1-10-2-3-12(14)8-13(10)16-7-5-11-4-6-15-9-11/h2-4,6,8-9H,5,7,14H2,1H3. The Kier molecular flexibility index (Phi) is 3.91. The minimum Gasteiger partial charge on any atom is -0.399 e. The number of thiophene rings is 1. The van der Waals surface area contributed by atoms with Crippen LogP contribution >= 0.6 is 23.1 Å². The molecule has 0 amide bonds. The molecule has 2 N–H and O–H groups in total. The largest absolute Gasteiger partial charge is 0.399 e. The SMILES string of the molecule is Cc1ccc(N)cc1SCCc1ccsc1. The van der Waals surface area contributed by atoms with Crippen molar-refractivity contribution in [3.8, 4) is 0 Å². The summed E-state index contributed by atoms with van der Waals surface area (Å²) < 4.78 is 0. The molecule has 0 unspecified atom stereocenters. The van der Waals surface area contributed by atoms with Crippen molar-refractivity contribution < 1.29 is 0 Å². The third kappa shape index (κ3) is 3.03. The Balaban J connectivity index is 1.92. The predicted octanol–water partition coefficient (Wildman–Crippen LogP) is 3.97. The maximum Gasteiger partial charge on any atom is 0.0325 e. The maximum atomic E-state index is 5.78. The third-order valence-electron chi connectivity index (χ3n) is 2.44. The van der Waals surface area contributed by atoms with Crippen LogP contribution in [0, 0.1) is 6.92 Å². The van der Waals surface area contributed by atoms with E-state index in [2.05, 4.69) is 35.9 Å². The molecular weight excluding hydrogens is 234 g/mol. The van der Waals surface area contributed by atoms with Crippen LogP contribution < -0.4 is 5.73 Å². The second-order valence-corrected chi connectivity index (χ2v) is 5.67. The van der Waals surface area contributed by atoms with Crippen LogP contribution in [0.3, 0.4) is 0 Å². The van der Waals surface area contributed by atoms with Crippen LogP contribution in [-0.2, 0) is 6.42 Å². The predicted molar refractivity (Wildman–Crippen MR) is 74.3 cm³/mol. The van der Waals surface area contributed by atoms with Crippen LogP contribution in [0.2, 0.25) is 0 Å². The minimum absolute atomic E-state index is 0.851. The van der Waals surface area contributed by atoms with Crippen molar-refractivity contribution in [1.29, 1.82) is 0 Å². The van der Waals surface area contributed by atoms with Gasteiger partial charge in [-0.2, -0.15) is 11.3 Å². The lowest BCUT2D eigenvalue weighted by Crippen LogP contribution is -1.90. The highest BCUT2D eigenvalue weighted by atomic mass is 32.2. The molecule has 0 aliphatic carbocycles. The van der Waals surface area contributed by atoms with Crippen molar-refractivity contribution in [3.05, 3.63) is 46.2 Å². The summed E-state index contributed by atoms with van der Waals surface area (Å²) in [5.74, 6) is 1.11. The lowest BCUT2D eigenvalue weighted by atomic mass is 10.2. The number of aryl methyl sites for hydroxylation is 2. The molecule has 1 nitrogen and oxygen atoms in total. The van der Waals surface area contributed by atoms with Gasteiger partial charge < -0.3 is 5.73 Å². The van der Waals surface area contributed by atoms with E-state index in [1.807, 2.05) is 17.8 Å². The normalized spacial score (nSPS) is 10.6. The van der Waals surface area contributed by atoms with E-state index < -0.39 is 0 Å². The molecule has 0 bridgehead atoms. The van der Waals surface area contributed by atoms with E-state index in [9.17, 15) is 0 Å². The molecule has 0 atom stereocenters. The average molecular weight is 249 g/mol. The van der Waals surface area contributed by atoms with Gasteiger partial charge in [0.1, 0.15) is 0 Å². The molecule has 16 heavy (non-hydrogen) atoms. The van der Waals surface area contributed by atoms with Crippen molar-refractivity contribution in [3.63, 3.8) is 0 Å². The maximum absolute atomic E-state index is 5.78. The number of rotatable bonds is 4. The molecule has 3 heteroatoms. The molecule has 0 aliphatic heterocycles. The van der Waals surface area contributed by atoms with Gasteiger partial charge >= 0.3 is 0 Å². The molecule has 0 aliphatic rings.